The normalized spacial score (nSPS) is 18.2. The van der Waals surface area contributed by atoms with Crippen molar-refractivity contribution < 1.29 is 19.4 Å². The maximum absolute atomic E-state index is 12.2. The van der Waals surface area contributed by atoms with Crippen LogP contribution >= 0.6 is 15.9 Å². The maximum atomic E-state index is 12.2. The first-order valence-electron chi connectivity index (χ1n) is 6.63. The van der Waals surface area contributed by atoms with Crippen molar-refractivity contribution in [3.05, 3.63) is 22.7 Å². The average Bonchev–Trinajstić information content (AvgIpc) is 2.49. The zero-order chi connectivity index (χ0) is 15.4. The number of benzene rings is 1. The predicted molar refractivity (Wildman–Crippen MR) is 81.6 cm³/mol. The van der Waals surface area contributed by atoms with Crippen molar-refractivity contribution in [3.8, 4) is 5.75 Å². The minimum atomic E-state index is -0.852. The van der Waals surface area contributed by atoms with Crippen LogP contribution in [0.2, 0.25) is 0 Å². The number of methoxy groups -OCH3 is 1. The molecule has 2 rings (SSSR count). The number of rotatable bonds is 3. The van der Waals surface area contributed by atoms with E-state index in [-0.39, 0.29) is 12.6 Å². The van der Waals surface area contributed by atoms with Crippen LogP contribution in [0.4, 0.5) is 10.5 Å². The second-order valence-electron chi connectivity index (χ2n) is 4.90. The molecule has 1 aliphatic rings. The standard InChI is InChI=1S/C14H17BrN2O4/c1-21-10-4-5-11(15)12(7-10)16-14(20)17-6-2-3-9(8-17)13(18)19/h4-5,7,9H,2-3,6,8H2,1H3,(H,16,20)(H,18,19)/t9-/m0/s1. The largest absolute Gasteiger partial charge is 0.497 e. The second kappa shape index (κ2) is 6.80. The monoisotopic (exact) mass is 356 g/mol. The Morgan fingerprint density at radius 3 is 2.90 bits per heavy atom. The number of halogens is 1. The molecule has 1 heterocycles. The number of nitrogens with one attached hydrogen (secondary N) is 1. The Morgan fingerprint density at radius 2 is 2.24 bits per heavy atom. The molecule has 0 aromatic heterocycles. The lowest BCUT2D eigenvalue weighted by atomic mass is 9.99. The molecule has 1 fully saturated rings. The first-order valence-corrected chi connectivity index (χ1v) is 7.43. The molecule has 7 heteroatoms. The molecule has 0 unspecified atom stereocenters. The number of hydrogen-bond donors (Lipinski definition) is 2. The molecule has 1 atom stereocenters. The number of piperidine rings is 1. The van der Waals surface area contributed by atoms with E-state index < -0.39 is 11.9 Å². The zero-order valence-corrected chi connectivity index (χ0v) is 13.2. The number of carbonyl (C=O) groups excluding carboxylic acids is 1. The molecule has 2 N–H and O–H groups in total. The number of urea groups is 1. The summed E-state index contributed by atoms with van der Waals surface area (Å²) in [5.74, 6) is -0.705. The topological polar surface area (TPSA) is 78.9 Å². The fourth-order valence-corrected chi connectivity index (χ4v) is 2.63. The number of ether oxygens (including phenoxy) is 1. The lowest BCUT2D eigenvalue weighted by Crippen LogP contribution is -2.44. The number of carboxylic acids is 1. The number of amides is 2. The van der Waals surface area contributed by atoms with Gasteiger partial charge in [0, 0.05) is 23.6 Å². The Balaban J connectivity index is 2.05. The highest BCUT2D eigenvalue weighted by atomic mass is 79.9. The Morgan fingerprint density at radius 1 is 1.48 bits per heavy atom. The van der Waals surface area contributed by atoms with Gasteiger partial charge in [-0.3, -0.25) is 4.79 Å². The lowest BCUT2D eigenvalue weighted by molar-refractivity contribution is -0.143. The first kappa shape index (κ1) is 15.6. The van der Waals surface area contributed by atoms with Crippen LogP contribution in [0.1, 0.15) is 12.8 Å². The van der Waals surface area contributed by atoms with E-state index in [0.717, 1.165) is 4.47 Å². The molecule has 1 aromatic rings. The molecular weight excluding hydrogens is 340 g/mol. The van der Waals surface area contributed by atoms with E-state index in [0.29, 0.717) is 30.8 Å². The fraction of sp³-hybridized carbons (Fsp3) is 0.429. The van der Waals surface area contributed by atoms with Gasteiger partial charge in [0.05, 0.1) is 18.7 Å². The van der Waals surface area contributed by atoms with E-state index in [4.69, 9.17) is 9.84 Å². The molecular formula is C14H17BrN2O4. The van der Waals surface area contributed by atoms with Gasteiger partial charge in [0.2, 0.25) is 0 Å². The highest BCUT2D eigenvalue weighted by Gasteiger charge is 2.28. The Kier molecular flexibility index (Phi) is 5.06. The number of anilines is 1. The Labute approximate surface area is 131 Å². The predicted octanol–water partition coefficient (Wildman–Crippen LogP) is 2.79. The summed E-state index contributed by atoms with van der Waals surface area (Å²) in [4.78, 5) is 24.8. The van der Waals surface area contributed by atoms with E-state index in [1.54, 1.807) is 25.3 Å². The van der Waals surface area contributed by atoms with Gasteiger partial charge in [0.15, 0.2) is 0 Å². The molecule has 1 aromatic carbocycles. The van der Waals surface area contributed by atoms with Crippen molar-refractivity contribution in [1.82, 2.24) is 4.90 Å². The summed E-state index contributed by atoms with van der Waals surface area (Å²) in [6.07, 6.45) is 1.31. The van der Waals surface area contributed by atoms with Gasteiger partial charge in [0.25, 0.3) is 0 Å². The summed E-state index contributed by atoms with van der Waals surface area (Å²) in [6.45, 7) is 0.806. The molecule has 0 spiro atoms. The Hall–Kier alpha value is -1.76. The lowest BCUT2D eigenvalue weighted by Gasteiger charge is -2.30. The van der Waals surface area contributed by atoms with Crippen LogP contribution in [0.3, 0.4) is 0 Å². The fourth-order valence-electron chi connectivity index (χ4n) is 2.28. The minimum Gasteiger partial charge on any atom is -0.497 e. The zero-order valence-electron chi connectivity index (χ0n) is 11.6. The van der Waals surface area contributed by atoms with Crippen molar-refractivity contribution in [2.75, 3.05) is 25.5 Å². The molecule has 1 aliphatic heterocycles. The Bertz CT molecular complexity index is 550. The second-order valence-corrected chi connectivity index (χ2v) is 5.75. The maximum Gasteiger partial charge on any atom is 0.321 e. The van der Waals surface area contributed by atoms with E-state index in [1.807, 2.05) is 0 Å². The van der Waals surface area contributed by atoms with Gasteiger partial charge in [-0.2, -0.15) is 0 Å². The van der Waals surface area contributed by atoms with Crippen LogP contribution in [0.25, 0.3) is 0 Å². The number of likely N-dealkylation sites (tertiary alicyclic amines) is 1. The third-order valence-electron chi connectivity index (χ3n) is 3.47. The highest BCUT2D eigenvalue weighted by molar-refractivity contribution is 9.10. The number of hydrogen-bond acceptors (Lipinski definition) is 3. The summed E-state index contributed by atoms with van der Waals surface area (Å²) >= 11 is 3.36. The summed E-state index contributed by atoms with van der Waals surface area (Å²) < 4.78 is 5.86. The van der Waals surface area contributed by atoms with E-state index in [2.05, 4.69) is 21.2 Å². The molecule has 0 radical (unpaired) electrons. The number of nitrogens with zero attached hydrogens (tertiary/aromatic N) is 1. The number of carbonyl (C=O) groups is 2. The molecule has 0 aliphatic carbocycles. The molecule has 0 bridgehead atoms. The molecule has 0 saturated carbocycles. The smallest absolute Gasteiger partial charge is 0.321 e. The van der Waals surface area contributed by atoms with Crippen LogP contribution in [0.5, 0.6) is 5.75 Å². The number of aliphatic carboxylic acids is 1. The van der Waals surface area contributed by atoms with Gasteiger partial charge in [0.1, 0.15) is 5.75 Å². The summed E-state index contributed by atoms with van der Waals surface area (Å²) in [5.41, 5.74) is 0.594. The van der Waals surface area contributed by atoms with Gasteiger partial charge in [-0.1, -0.05) is 0 Å². The van der Waals surface area contributed by atoms with E-state index in [9.17, 15) is 9.59 Å². The SMILES string of the molecule is COc1ccc(Br)c(NC(=O)N2CCC[C@H](C(=O)O)C2)c1. The molecule has 2 amide bonds. The minimum absolute atomic E-state index is 0.239. The van der Waals surface area contributed by atoms with Gasteiger partial charge in [-0.25, -0.2) is 4.79 Å². The van der Waals surface area contributed by atoms with Crippen LogP contribution in [0, 0.1) is 5.92 Å². The highest BCUT2D eigenvalue weighted by Crippen LogP contribution is 2.28. The molecule has 1 saturated heterocycles. The quantitative estimate of drug-likeness (QED) is 0.872. The van der Waals surface area contributed by atoms with Crippen LogP contribution in [-0.2, 0) is 4.79 Å². The van der Waals surface area contributed by atoms with Crippen molar-refractivity contribution in [3.63, 3.8) is 0 Å². The van der Waals surface area contributed by atoms with Gasteiger partial charge < -0.3 is 20.1 Å². The summed E-state index contributed by atoms with van der Waals surface area (Å²) in [5, 5.41) is 11.8. The summed E-state index contributed by atoms with van der Waals surface area (Å²) in [7, 11) is 1.55. The molecule has 21 heavy (non-hydrogen) atoms. The number of carboxylic acid groups (broad SMARTS) is 1. The third kappa shape index (κ3) is 3.87. The molecule has 114 valence electrons. The van der Waals surface area contributed by atoms with E-state index >= 15 is 0 Å². The van der Waals surface area contributed by atoms with Crippen LogP contribution < -0.4 is 10.1 Å². The van der Waals surface area contributed by atoms with Crippen molar-refractivity contribution in [2.24, 2.45) is 5.92 Å². The van der Waals surface area contributed by atoms with Crippen LogP contribution in [0.15, 0.2) is 22.7 Å². The average molecular weight is 357 g/mol. The van der Waals surface area contributed by atoms with Crippen molar-refractivity contribution in [2.45, 2.75) is 12.8 Å². The van der Waals surface area contributed by atoms with Crippen molar-refractivity contribution >= 4 is 33.6 Å². The first-order chi connectivity index (χ1) is 10.0. The van der Waals surface area contributed by atoms with Crippen molar-refractivity contribution in [1.29, 1.82) is 0 Å². The third-order valence-corrected chi connectivity index (χ3v) is 4.16. The molecule has 6 nitrogen and oxygen atoms in total. The van der Waals surface area contributed by atoms with Gasteiger partial charge in [-0.05, 0) is 40.9 Å². The van der Waals surface area contributed by atoms with Gasteiger partial charge in [-0.15, -0.1) is 0 Å². The van der Waals surface area contributed by atoms with E-state index in [1.165, 1.54) is 4.90 Å². The summed E-state index contributed by atoms with van der Waals surface area (Å²) in [6, 6.07) is 4.97. The van der Waals surface area contributed by atoms with Crippen LogP contribution in [-0.4, -0.2) is 42.2 Å². The van der Waals surface area contributed by atoms with Gasteiger partial charge >= 0.3 is 12.0 Å².